The van der Waals surface area contributed by atoms with Crippen molar-refractivity contribution in [1.29, 1.82) is 0 Å². The lowest BCUT2D eigenvalue weighted by atomic mass is 9.71. The molecule has 0 aromatic heterocycles. The van der Waals surface area contributed by atoms with Crippen LogP contribution >= 0.6 is 0 Å². The summed E-state index contributed by atoms with van der Waals surface area (Å²) in [4.78, 5) is 31.0. The first-order valence-electron chi connectivity index (χ1n) is 11.9. The molecule has 7 heteroatoms. The molecule has 1 aromatic rings. The molecule has 32 heavy (non-hydrogen) atoms. The van der Waals surface area contributed by atoms with Crippen LogP contribution < -0.4 is 0 Å². The van der Waals surface area contributed by atoms with Gasteiger partial charge in [-0.05, 0) is 57.4 Å². The number of likely N-dealkylation sites (tertiary alicyclic amines) is 3. The molecule has 3 aliphatic rings. The monoisotopic (exact) mass is 443 g/mol. The minimum absolute atomic E-state index is 0.185. The molecule has 176 valence electrons. The first kappa shape index (κ1) is 22.9. The van der Waals surface area contributed by atoms with Gasteiger partial charge in [-0.15, -0.1) is 0 Å². The third kappa shape index (κ3) is 5.55. The summed E-state index contributed by atoms with van der Waals surface area (Å²) < 4.78 is 11.0. The van der Waals surface area contributed by atoms with Gasteiger partial charge in [-0.25, -0.2) is 9.59 Å². The molecule has 0 saturated carbocycles. The third-order valence-corrected chi connectivity index (χ3v) is 7.00. The Balaban J connectivity index is 1.15. The topological polar surface area (TPSA) is 62.3 Å². The van der Waals surface area contributed by atoms with Crippen LogP contribution in [0.15, 0.2) is 30.3 Å². The third-order valence-electron chi connectivity index (χ3n) is 7.00. The van der Waals surface area contributed by atoms with E-state index in [1.54, 1.807) is 0 Å². The van der Waals surface area contributed by atoms with Gasteiger partial charge in [0.1, 0.15) is 12.2 Å². The Morgan fingerprint density at radius 3 is 2.12 bits per heavy atom. The highest BCUT2D eigenvalue weighted by Gasteiger charge is 2.48. The van der Waals surface area contributed by atoms with Crippen LogP contribution in [0.5, 0.6) is 0 Å². The van der Waals surface area contributed by atoms with Crippen LogP contribution in [-0.4, -0.2) is 77.8 Å². The zero-order chi connectivity index (χ0) is 22.8. The van der Waals surface area contributed by atoms with Crippen molar-refractivity contribution in [1.82, 2.24) is 14.7 Å². The van der Waals surface area contributed by atoms with E-state index in [4.69, 9.17) is 9.47 Å². The molecule has 0 bridgehead atoms. The van der Waals surface area contributed by atoms with Crippen LogP contribution in [0.1, 0.15) is 52.0 Å². The number of rotatable bonds is 3. The Hall–Kier alpha value is -2.28. The summed E-state index contributed by atoms with van der Waals surface area (Å²) in [5.41, 5.74) is 0.923. The van der Waals surface area contributed by atoms with E-state index in [9.17, 15) is 9.59 Å². The normalized spacial score (nSPS) is 21.8. The highest BCUT2D eigenvalue weighted by Crippen LogP contribution is 2.42. The molecule has 3 aliphatic heterocycles. The summed E-state index contributed by atoms with van der Waals surface area (Å²) in [7, 11) is 0. The quantitative estimate of drug-likeness (QED) is 0.703. The molecule has 3 heterocycles. The van der Waals surface area contributed by atoms with Gasteiger partial charge in [0, 0.05) is 45.3 Å². The molecule has 2 amide bonds. The largest absolute Gasteiger partial charge is 0.445 e. The summed E-state index contributed by atoms with van der Waals surface area (Å²) in [6.07, 6.45) is 3.71. The minimum Gasteiger partial charge on any atom is -0.445 e. The summed E-state index contributed by atoms with van der Waals surface area (Å²) >= 11 is 0. The van der Waals surface area contributed by atoms with Crippen molar-refractivity contribution in [3.63, 3.8) is 0 Å². The van der Waals surface area contributed by atoms with Gasteiger partial charge in [-0.3, -0.25) is 4.90 Å². The van der Waals surface area contributed by atoms with Crippen LogP contribution in [0, 0.1) is 5.41 Å². The number of benzene rings is 1. The molecule has 4 rings (SSSR count). The number of carbonyl (C=O) groups is 2. The predicted octanol–water partition coefficient (Wildman–Crippen LogP) is 4.12. The molecule has 0 atom stereocenters. The average molecular weight is 444 g/mol. The fourth-order valence-corrected chi connectivity index (χ4v) is 5.10. The van der Waals surface area contributed by atoms with Crippen molar-refractivity contribution < 1.29 is 19.1 Å². The lowest BCUT2D eigenvalue weighted by Crippen LogP contribution is -2.64. The van der Waals surface area contributed by atoms with Gasteiger partial charge in [0.2, 0.25) is 0 Å². The molecule has 3 fully saturated rings. The van der Waals surface area contributed by atoms with Crippen LogP contribution in [0.25, 0.3) is 0 Å². The molecule has 3 saturated heterocycles. The van der Waals surface area contributed by atoms with Crippen LogP contribution in [0.3, 0.4) is 0 Å². The Kier molecular flexibility index (Phi) is 6.65. The standard InChI is InChI=1S/C25H37N3O4/c1-24(2,3)32-23(30)27-15-11-25(12-16-27)18-28(19-25)21-9-13-26(14-10-21)22(29)31-17-20-7-5-4-6-8-20/h4-8,21H,9-19H2,1-3H3. The Morgan fingerprint density at radius 1 is 0.938 bits per heavy atom. The number of ether oxygens (including phenoxy) is 2. The van der Waals surface area contributed by atoms with Crippen molar-refractivity contribution in [3.05, 3.63) is 35.9 Å². The van der Waals surface area contributed by atoms with E-state index in [0.717, 1.165) is 70.5 Å². The maximum absolute atomic E-state index is 12.4. The maximum Gasteiger partial charge on any atom is 0.410 e. The highest BCUT2D eigenvalue weighted by molar-refractivity contribution is 5.68. The fraction of sp³-hybridized carbons (Fsp3) is 0.680. The lowest BCUT2D eigenvalue weighted by Gasteiger charge is -2.57. The van der Waals surface area contributed by atoms with Gasteiger partial charge in [-0.2, -0.15) is 0 Å². The SMILES string of the molecule is CC(C)(C)OC(=O)N1CCC2(CC1)CN(C1CCN(C(=O)OCc3ccccc3)CC1)C2. The summed E-state index contributed by atoms with van der Waals surface area (Å²) in [6.45, 7) is 11.4. The van der Waals surface area contributed by atoms with Crippen molar-refractivity contribution in [3.8, 4) is 0 Å². The van der Waals surface area contributed by atoms with Gasteiger partial charge in [0.05, 0.1) is 0 Å². The number of amides is 2. The zero-order valence-corrected chi connectivity index (χ0v) is 19.7. The van der Waals surface area contributed by atoms with E-state index >= 15 is 0 Å². The molecule has 0 aliphatic carbocycles. The number of nitrogens with zero attached hydrogens (tertiary/aromatic N) is 3. The van der Waals surface area contributed by atoms with Crippen molar-refractivity contribution >= 4 is 12.2 Å². The molecule has 1 spiro atoms. The van der Waals surface area contributed by atoms with E-state index in [1.807, 2.05) is 60.9 Å². The summed E-state index contributed by atoms with van der Waals surface area (Å²) in [6, 6.07) is 10.4. The fourth-order valence-electron chi connectivity index (χ4n) is 5.10. The Morgan fingerprint density at radius 2 is 1.53 bits per heavy atom. The molecule has 7 nitrogen and oxygen atoms in total. The molecule has 0 N–H and O–H groups in total. The second-order valence-corrected chi connectivity index (χ2v) is 10.6. The van der Waals surface area contributed by atoms with E-state index < -0.39 is 5.60 Å². The van der Waals surface area contributed by atoms with E-state index in [2.05, 4.69) is 4.90 Å². The molecular formula is C25H37N3O4. The first-order chi connectivity index (χ1) is 15.2. The number of hydrogen-bond donors (Lipinski definition) is 0. The van der Waals surface area contributed by atoms with Crippen molar-refractivity contribution in [2.45, 2.75) is 64.7 Å². The smallest absolute Gasteiger partial charge is 0.410 e. The predicted molar refractivity (Wildman–Crippen MR) is 122 cm³/mol. The minimum atomic E-state index is -0.442. The van der Waals surface area contributed by atoms with Crippen LogP contribution in [0.2, 0.25) is 0 Å². The second-order valence-electron chi connectivity index (χ2n) is 10.6. The van der Waals surface area contributed by atoms with E-state index in [-0.39, 0.29) is 12.2 Å². The highest BCUT2D eigenvalue weighted by atomic mass is 16.6. The Bertz CT molecular complexity index is 783. The summed E-state index contributed by atoms with van der Waals surface area (Å²) in [5.74, 6) is 0. The van der Waals surface area contributed by atoms with Gasteiger partial charge in [-0.1, -0.05) is 30.3 Å². The first-order valence-corrected chi connectivity index (χ1v) is 11.9. The van der Waals surface area contributed by atoms with Gasteiger partial charge < -0.3 is 19.3 Å². The van der Waals surface area contributed by atoms with Gasteiger partial charge in [0.25, 0.3) is 0 Å². The number of piperidine rings is 2. The number of carbonyl (C=O) groups excluding carboxylic acids is 2. The molecule has 0 unspecified atom stereocenters. The van der Waals surface area contributed by atoms with Crippen LogP contribution in [0.4, 0.5) is 9.59 Å². The average Bonchev–Trinajstić information content (AvgIpc) is 2.75. The van der Waals surface area contributed by atoms with Crippen molar-refractivity contribution in [2.24, 2.45) is 5.41 Å². The van der Waals surface area contributed by atoms with Gasteiger partial charge in [0.15, 0.2) is 0 Å². The van der Waals surface area contributed by atoms with E-state index in [1.165, 1.54) is 0 Å². The number of hydrogen-bond acceptors (Lipinski definition) is 5. The van der Waals surface area contributed by atoms with E-state index in [0.29, 0.717) is 18.1 Å². The maximum atomic E-state index is 12.4. The Labute approximate surface area is 191 Å². The molecular weight excluding hydrogens is 406 g/mol. The lowest BCUT2D eigenvalue weighted by molar-refractivity contribution is -0.0804. The zero-order valence-electron chi connectivity index (χ0n) is 19.7. The summed E-state index contributed by atoms with van der Waals surface area (Å²) in [5, 5.41) is 0. The van der Waals surface area contributed by atoms with Gasteiger partial charge >= 0.3 is 12.2 Å². The molecule has 1 aromatic carbocycles. The van der Waals surface area contributed by atoms with Crippen LogP contribution in [-0.2, 0) is 16.1 Å². The molecule has 0 radical (unpaired) electrons. The second kappa shape index (κ2) is 9.30. The van der Waals surface area contributed by atoms with Crippen molar-refractivity contribution in [2.75, 3.05) is 39.3 Å².